The first kappa shape index (κ1) is 10.9. The van der Waals surface area contributed by atoms with Crippen molar-refractivity contribution >= 4 is 5.69 Å². The molecule has 2 fully saturated rings. The van der Waals surface area contributed by atoms with E-state index in [0.717, 1.165) is 29.9 Å². The third-order valence-electron chi connectivity index (χ3n) is 4.25. The number of nitrogen functional groups attached to an aromatic ring is 1. The van der Waals surface area contributed by atoms with Gasteiger partial charge >= 0.3 is 0 Å². The number of methoxy groups -OCH3 is 1. The number of nitrogens with two attached hydrogens (primary N) is 1. The predicted octanol–water partition coefficient (Wildman–Crippen LogP) is 2.26. The molecule has 0 radical (unpaired) electrons. The van der Waals surface area contributed by atoms with Gasteiger partial charge in [0.1, 0.15) is 5.75 Å². The lowest BCUT2D eigenvalue weighted by Gasteiger charge is -2.27. The van der Waals surface area contributed by atoms with Gasteiger partial charge in [-0.15, -0.1) is 0 Å². The van der Waals surface area contributed by atoms with Crippen LogP contribution < -0.4 is 10.5 Å². The first-order valence-corrected chi connectivity index (χ1v) is 6.42. The Hall–Kier alpha value is -1.22. The number of hydrogen-bond acceptors (Lipinski definition) is 3. The van der Waals surface area contributed by atoms with Gasteiger partial charge in [-0.3, -0.25) is 4.90 Å². The summed E-state index contributed by atoms with van der Waals surface area (Å²) in [6.07, 6.45) is 4.19. The normalized spacial score (nSPS) is 27.6. The summed E-state index contributed by atoms with van der Waals surface area (Å²) in [7, 11) is 1.70. The summed E-state index contributed by atoms with van der Waals surface area (Å²) in [5.41, 5.74) is 8.13. The summed E-state index contributed by atoms with van der Waals surface area (Å²) in [5.74, 6) is 1.84. The molecule has 0 amide bonds. The molecule has 0 spiro atoms. The quantitative estimate of drug-likeness (QED) is 0.812. The zero-order valence-electron chi connectivity index (χ0n) is 10.4. The van der Waals surface area contributed by atoms with Gasteiger partial charge in [-0.2, -0.15) is 0 Å². The van der Waals surface area contributed by atoms with Crippen molar-refractivity contribution in [2.45, 2.75) is 31.8 Å². The van der Waals surface area contributed by atoms with Crippen LogP contribution in [0.3, 0.4) is 0 Å². The lowest BCUT2D eigenvalue weighted by Crippen LogP contribution is -2.31. The van der Waals surface area contributed by atoms with Crippen LogP contribution >= 0.6 is 0 Å². The Morgan fingerprint density at radius 2 is 2.29 bits per heavy atom. The molecule has 2 bridgehead atoms. The van der Waals surface area contributed by atoms with E-state index >= 15 is 0 Å². The van der Waals surface area contributed by atoms with Gasteiger partial charge in [0.25, 0.3) is 0 Å². The van der Waals surface area contributed by atoms with Gasteiger partial charge in [-0.05, 0) is 48.9 Å². The minimum atomic E-state index is 0.797. The van der Waals surface area contributed by atoms with Gasteiger partial charge in [-0.1, -0.05) is 0 Å². The zero-order chi connectivity index (χ0) is 11.8. The van der Waals surface area contributed by atoms with Crippen molar-refractivity contribution in [1.82, 2.24) is 4.90 Å². The van der Waals surface area contributed by atoms with Gasteiger partial charge in [0.05, 0.1) is 7.11 Å². The molecule has 92 valence electrons. The minimum absolute atomic E-state index is 0.797. The Morgan fingerprint density at radius 1 is 1.41 bits per heavy atom. The molecule has 2 atom stereocenters. The van der Waals surface area contributed by atoms with Crippen LogP contribution in [0.5, 0.6) is 5.75 Å². The first-order chi connectivity index (χ1) is 8.26. The average molecular weight is 232 g/mol. The number of nitrogens with zero attached hydrogens (tertiary/aromatic N) is 1. The number of ether oxygens (including phenoxy) is 1. The molecule has 0 aromatic heterocycles. The Morgan fingerprint density at radius 3 is 2.94 bits per heavy atom. The van der Waals surface area contributed by atoms with Gasteiger partial charge < -0.3 is 10.5 Å². The first-order valence-electron chi connectivity index (χ1n) is 6.42. The molecule has 1 heterocycles. The molecule has 1 aliphatic heterocycles. The molecule has 1 aromatic carbocycles. The van der Waals surface area contributed by atoms with Crippen LogP contribution in [0, 0.1) is 5.92 Å². The Balaban J connectivity index is 1.76. The van der Waals surface area contributed by atoms with E-state index in [0.29, 0.717) is 0 Å². The highest BCUT2D eigenvalue weighted by Crippen LogP contribution is 2.38. The number of benzene rings is 1. The molecule has 3 nitrogen and oxygen atoms in total. The lowest BCUT2D eigenvalue weighted by atomic mass is 10.1. The summed E-state index contributed by atoms with van der Waals surface area (Å²) in [6.45, 7) is 2.23. The zero-order valence-corrected chi connectivity index (χ0v) is 10.4. The number of piperidine rings is 1. The van der Waals surface area contributed by atoms with Crippen LogP contribution in [-0.2, 0) is 6.54 Å². The van der Waals surface area contributed by atoms with Crippen molar-refractivity contribution in [3.05, 3.63) is 23.8 Å². The van der Waals surface area contributed by atoms with Crippen molar-refractivity contribution in [2.24, 2.45) is 5.92 Å². The van der Waals surface area contributed by atoms with Gasteiger partial charge in [-0.25, -0.2) is 0 Å². The third kappa shape index (κ3) is 2.00. The summed E-state index contributed by atoms with van der Waals surface area (Å²) in [6, 6.07) is 6.74. The Labute approximate surface area is 103 Å². The maximum absolute atomic E-state index is 6.04. The second-order valence-corrected chi connectivity index (χ2v) is 5.33. The molecule has 1 saturated carbocycles. The smallest absolute Gasteiger partial charge is 0.119 e. The number of likely N-dealkylation sites (tertiary alicyclic amines) is 1. The molecule has 2 aliphatic rings. The summed E-state index contributed by atoms with van der Waals surface area (Å²) in [5, 5.41) is 0. The van der Waals surface area contributed by atoms with E-state index in [1.807, 2.05) is 12.1 Å². The summed E-state index contributed by atoms with van der Waals surface area (Å²) < 4.78 is 5.26. The topological polar surface area (TPSA) is 38.5 Å². The Kier molecular flexibility index (Phi) is 2.71. The SMILES string of the molecule is COc1ccc(N)c(CN2CC3CCC2C3)c1. The molecule has 1 saturated heterocycles. The van der Waals surface area contributed by atoms with E-state index < -0.39 is 0 Å². The average Bonchev–Trinajstić information content (AvgIpc) is 2.94. The van der Waals surface area contributed by atoms with Crippen LogP contribution in [0.4, 0.5) is 5.69 Å². The third-order valence-corrected chi connectivity index (χ3v) is 4.25. The largest absolute Gasteiger partial charge is 0.497 e. The maximum Gasteiger partial charge on any atom is 0.119 e. The highest BCUT2D eigenvalue weighted by Gasteiger charge is 2.37. The number of rotatable bonds is 3. The maximum atomic E-state index is 6.04. The van der Waals surface area contributed by atoms with Crippen LogP contribution in [0.15, 0.2) is 18.2 Å². The standard InChI is InChI=1S/C14H20N2O/c1-17-13-4-5-14(15)11(7-13)9-16-8-10-2-3-12(16)6-10/h4-5,7,10,12H,2-3,6,8-9,15H2,1H3. The lowest BCUT2D eigenvalue weighted by molar-refractivity contribution is 0.205. The van der Waals surface area contributed by atoms with E-state index in [2.05, 4.69) is 11.0 Å². The fourth-order valence-electron chi connectivity index (χ4n) is 3.29. The van der Waals surface area contributed by atoms with Crippen LogP contribution in [-0.4, -0.2) is 24.6 Å². The fraction of sp³-hybridized carbons (Fsp3) is 0.571. The van der Waals surface area contributed by atoms with Crippen molar-refractivity contribution < 1.29 is 4.74 Å². The molecule has 3 rings (SSSR count). The van der Waals surface area contributed by atoms with Crippen LogP contribution in [0.1, 0.15) is 24.8 Å². The van der Waals surface area contributed by atoms with E-state index in [1.54, 1.807) is 7.11 Å². The van der Waals surface area contributed by atoms with Crippen molar-refractivity contribution in [3.63, 3.8) is 0 Å². The van der Waals surface area contributed by atoms with E-state index in [1.165, 1.54) is 31.4 Å². The summed E-state index contributed by atoms with van der Waals surface area (Å²) in [4.78, 5) is 2.58. The van der Waals surface area contributed by atoms with Gasteiger partial charge in [0.15, 0.2) is 0 Å². The molecule has 2 N–H and O–H groups in total. The molecular weight excluding hydrogens is 212 g/mol. The fourth-order valence-corrected chi connectivity index (χ4v) is 3.29. The van der Waals surface area contributed by atoms with Crippen molar-refractivity contribution in [3.8, 4) is 5.75 Å². The number of fused-ring (bicyclic) bond motifs is 2. The highest BCUT2D eigenvalue weighted by atomic mass is 16.5. The molecular formula is C14H20N2O. The van der Waals surface area contributed by atoms with E-state index in [-0.39, 0.29) is 0 Å². The monoisotopic (exact) mass is 232 g/mol. The van der Waals surface area contributed by atoms with Gasteiger partial charge in [0.2, 0.25) is 0 Å². The summed E-state index contributed by atoms with van der Waals surface area (Å²) >= 11 is 0. The van der Waals surface area contributed by atoms with E-state index in [9.17, 15) is 0 Å². The van der Waals surface area contributed by atoms with Crippen molar-refractivity contribution in [1.29, 1.82) is 0 Å². The van der Waals surface area contributed by atoms with Crippen LogP contribution in [0.25, 0.3) is 0 Å². The Bertz CT molecular complexity index is 419. The molecule has 1 aromatic rings. The molecule has 17 heavy (non-hydrogen) atoms. The predicted molar refractivity (Wildman–Crippen MR) is 68.9 cm³/mol. The second kappa shape index (κ2) is 4.22. The molecule has 1 aliphatic carbocycles. The van der Waals surface area contributed by atoms with Crippen molar-refractivity contribution in [2.75, 3.05) is 19.4 Å². The number of hydrogen-bond donors (Lipinski definition) is 1. The highest BCUT2D eigenvalue weighted by molar-refractivity contribution is 5.50. The molecule has 2 unspecified atom stereocenters. The second-order valence-electron chi connectivity index (χ2n) is 5.33. The van der Waals surface area contributed by atoms with Gasteiger partial charge in [0, 0.05) is 24.8 Å². The minimum Gasteiger partial charge on any atom is -0.497 e. The number of anilines is 1. The van der Waals surface area contributed by atoms with Crippen LogP contribution in [0.2, 0.25) is 0 Å². The van der Waals surface area contributed by atoms with E-state index in [4.69, 9.17) is 10.5 Å². The molecule has 3 heteroatoms.